The van der Waals surface area contributed by atoms with Crippen LogP contribution in [0.1, 0.15) is 32.4 Å². The van der Waals surface area contributed by atoms with Crippen molar-refractivity contribution in [2.24, 2.45) is 17.7 Å². The van der Waals surface area contributed by atoms with Gasteiger partial charge in [0.2, 0.25) is 0 Å². The van der Waals surface area contributed by atoms with Crippen LogP contribution in [-0.2, 0) is 0 Å². The van der Waals surface area contributed by atoms with Crippen molar-refractivity contribution in [1.82, 2.24) is 0 Å². The minimum absolute atomic E-state index is 0.339. The molecular weight excluding hydrogens is 336 g/mol. The van der Waals surface area contributed by atoms with E-state index in [9.17, 15) is 14.4 Å². The van der Waals surface area contributed by atoms with E-state index in [1.165, 1.54) is 0 Å². The number of rotatable bonds is 6. The van der Waals surface area contributed by atoms with Gasteiger partial charge in [-0.2, -0.15) is 0 Å². The van der Waals surface area contributed by atoms with Crippen molar-refractivity contribution < 1.29 is 15.8 Å². The highest BCUT2D eigenvalue weighted by atomic mass is 16.1. The molecule has 0 heterocycles. The molecule has 0 radical (unpaired) electrons. The first-order valence-corrected chi connectivity index (χ1v) is 8.83. The molecule has 1 fully saturated rings. The first-order valence-electron chi connectivity index (χ1n) is 9.33. The molecule has 3 nitrogen and oxygen atoms in total. The fourth-order valence-corrected chi connectivity index (χ4v) is 3.45. The third-order valence-electron chi connectivity index (χ3n) is 4.87. The molecular formula is C24H18O3. The minimum atomic E-state index is -1.79. The number of Topliss-reactive ketones (excluding diaryl/α,β-unsaturated/α-hetero) is 3. The average molecular weight is 355 g/mol. The van der Waals surface area contributed by atoms with Gasteiger partial charge < -0.3 is 0 Å². The third-order valence-corrected chi connectivity index (χ3v) is 4.87. The van der Waals surface area contributed by atoms with Crippen LogP contribution >= 0.6 is 0 Å². The van der Waals surface area contributed by atoms with E-state index in [4.69, 9.17) is 1.37 Å². The first kappa shape index (κ1) is 15.9. The van der Waals surface area contributed by atoms with E-state index in [-0.39, 0.29) is 11.6 Å². The number of hydrogen-bond acceptors (Lipinski definition) is 3. The van der Waals surface area contributed by atoms with Crippen molar-refractivity contribution >= 4 is 17.3 Å². The molecule has 3 heteroatoms. The fourth-order valence-electron chi connectivity index (χ4n) is 3.45. The number of carbonyl (C=O) groups is 3. The molecule has 1 aliphatic rings. The number of hydrogen-bond donors (Lipinski definition) is 0. The van der Waals surface area contributed by atoms with Gasteiger partial charge >= 0.3 is 0 Å². The average Bonchev–Trinajstić information content (AvgIpc) is 3.40. The molecule has 0 N–H and O–H groups in total. The SMILES string of the molecule is [2H]C1(C(=O)c2ccccc2)[C@H](C(=O)c2ccccc2)[C@H]1C(=O)c1ccccc1. The lowest BCUT2D eigenvalue weighted by atomic mass is 10.0. The van der Waals surface area contributed by atoms with Gasteiger partial charge in [-0.1, -0.05) is 91.0 Å². The topological polar surface area (TPSA) is 51.2 Å². The number of benzene rings is 3. The van der Waals surface area contributed by atoms with Crippen molar-refractivity contribution in [3.8, 4) is 0 Å². The van der Waals surface area contributed by atoms with E-state index >= 15 is 0 Å². The molecule has 27 heavy (non-hydrogen) atoms. The Morgan fingerprint density at radius 3 is 1.15 bits per heavy atom. The maximum absolute atomic E-state index is 13.1. The van der Waals surface area contributed by atoms with Gasteiger partial charge in [0.15, 0.2) is 17.3 Å². The summed E-state index contributed by atoms with van der Waals surface area (Å²) in [6, 6.07) is 25.5. The summed E-state index contributed by atoms with van der Waals surface area (Å²) in [5.74, 6) is -4.94. The lowest BCUT2D eigenvalue weighted by molar-refractivity contribution is 0.0906. The normalized spacial score (nSPS) is 23.9. The largest absolute Gasteiger partial charge is 0.294 e. The van der Waals surface area contributed by atoms with Crippen LogP contribution < -0.4 is 0 Å². The van der Waals surface area contributed by atoms with Crippen LogP contribution in [0, 0.1) is 17.7 Å². The zero-order valence-corrected chi connectivity index (χ0v) is 14.5. The van der Waals surface area contributed by atoms with Gasteiger partial charge in [-0.15, -0.1) is 0 Å². The second kappa shape index (κ2) is 7.12. The summed E-state index contributed by atoms with van der Waals surface area (Å²) in [5, 5.41) is 0. The van der Waals surface area contributed by atoms with E-state index < -0.39 is 23.5 Å². The van der Waals surface area contributed by atoms with Gasteiger partial charge in [0, 0.05) is 35.8 Å². The standard InChI is InChI=1S/C24H18O3/c25-22(16-10-4-1-5-11-16)19-20(23(26)17-12-6-2-7-13-17)21(19)24(27)18-14-8-3-9-15-18/h1-15,19-21H/i19D/t20-,21-/m0/s1. The zero-order valence-electron chi connectivity index (χ0n) is 15.5. The highest BCUT2D eigenvalue weighted by Crippen LogP contribution is 2.51. The summed E-state index contributed by atoms with van der Waals surface area (Å²) in [7, 11) is 0. The van der Waals surface area contributed by atoms with Gasteiger partial charge in [0.25, 0.3) is 0 Å². The fraction of sp³-hybridized carbons (Fsp3) is 0.125. The predicted molar refractivity (Wildman–Crippen MR) is 103 cm³/mol. The van der Waals surface area contributed by atoms with Crippen LogP contribution in [0.3, 0.4) is 0 Å². The summed E-state index contributed by atoms with van der Waals surface area (Å²) < 4.78 is 8.87. The van der Waals surface area contributed by atoms with Crippen LogP contribution in [0.15, 0.2) is 91.0 Å². The molecule has 3 aromatic rings. The molecule has 1 saturated carbocycles. The van der Waals surface area contributed by atoms with E-state index in [2.05, 4.69) is 0 Å². The van der Waals surface area contributed by atoms with Crippen LogP contribution in [-0.4, -0.2) is 17.3 Å². The Balaban J connectivity index is 1.74. The molecule has 0 aliphatic heterocycles. The summed E-state index contributed by atoms with van der Waals surface area (Å²) in [4.78, 5) is 39.3. The van der Waals surface area contributed by atoms with Gasteiger partial charge in [0.05, 0.1) is 0 Å². The lowest BCUT2D eigenvalue weighted by Gasteiger charge is -2.00. The highest BCUT2D eigenvalue weighted by Gasteiger charge is 2.61. The van der Waals surface area contributed by atoms with Gasteiger partial charge in [0.1, 0.15) is 0 Å². The van der Waals surface area contributed by atoms with Crippen molar-refractivity contribution in [3.05, 3.63) is 108 Å². The summed E-state index contributed by atoms with van der Waals surface area (Å²) in [6.45, 7) is 0. The Bertz CT molecular complexity index is 972. The van der Waals surface area contributed by atoms with Gasteiger partial charge in [-0.3, -0.25) is 14.4 Å². The van der Waals surface area contributed by atoms with Crippen molar-refractivity contribution in [1.29, 1.82) is 0 Å². The highest BCUT2D eigenvalue weighted by molar-refractivity contribution is 6.16. The monoisotopic (exact) mass is 355 g/mol. The Morgan fingerprint density at radius 1 is 0.519 bits per heavy atom. The van der Waals surface area contributed by atoms with Crippen LogP contribution in [0.5, 0.6) is 0 Å². The second-order valence-corrected chi connectivity index (χ2v) is 6.57. The van der Waals surface area contributed by atoms with E-state index in [1.54, 1.807) is 91.0 Å². The van der Waals surface area contributed by atoms with Crippen molar-refractivity contribution in [3.63, 3.8) is 0 Å². The summed E-state index contributed by atoms with van der Waals surface area (Å²) >= 11 is 0. The molecule has 0 saturated heterocycles. The van der Waals surface area contributed by atoms with Crippen LogP contribution in [0.4, 0.5) is 0 Å². The lowest BCUT2D eigenvalue weighted by Crippen LogP contribution is -2.09. The van der Waals surface area contributed by atoms with E-state index in [0.717, 1.165) is 0 Å². The zero-order chi connectivity index (χ0) is 19.7. The molecule has 0 spiro atoms. The van der Waals surface area contributed by atoms with Crippen LogP contribution in [0.2, 0.25) is 0 Å². The Labute approximate surface area is 159 Å². The van der Waals surface area contributed by atoms with Gasteiger partial charge in [-0.25, -0.2) is 0 Å². The molecule has 2 atom stereocenters. The Kier molecular flexibility index (Phi) is 4.19. The Morgan fingerprint density at radius 2 is 0.815 bits per heavy atom. The molecule has 0 bridgehead atoms. The van der Waals surface area contributed by atoms with E-state index in [1.807, 2.05) is 0 Å². The summed E-state index contributed by atoms with van der Waals surface area (Å²) in [6.07, 6.45) is 0. The van der Waals surface area contributed by atoms with Crippen molar-refractivity contribution in [2.45, 2.75) is 0 Å². The predicted octanol–water partition coefficient (Wildman–Crippen LogP) is 4.50. The number of carbonyl (C=O) groups excluding carboxylic acids is 3. The third kappa shape index (κ3) is 3.24. The summed E-state index contributed by atoms with van der Waals surface area (Å²) in [5.41, 5.74) is 1.16. The number of ketones is 3. The molecule has 0 aromatic heterocycles. The molecule has 1 aliphatic carbocycles. The second-order valence-electron chi connectivity index (χ2n) is 6.57. The molecule has 132 valence electrons. The molecule has 4 rings (SSSR count). The van der Waals surface area contributed by atoms with Crippen molar-refractivity contribution in [2.75, 3.05) is 0 Å². The first-order chi connectivity index (χ1) is 13.5. The smallest absolute Gasteiger partial charge is 0.167 e. The van der Waals surface area contributed by atoms with E-state index in [0.29, 0.717) is 16.7 Å². The quantitative estimate of drug-likeness (QED) is 0.612. The maximum Gasteiger partial charge on any atom is 0.167 e. The van der Waals surface area contributed by atoms with Gasteiger partial charge in [-0.05, 0) is 0 Å². The molecule has 0 unspecified atom stereocenters. The maximum atomic E-state index is 13.1. The molecule has 3 aromatic carbocycles. The minimum Gasteiger partial charge on any atom is -0.294 e. The van der Waals surface area contributed by atoms with Crippen LogP contribution in [0.25, 0.3) is 0 Å². The Hall–Kier alpha value is -3.33. The molecule has 0 amide bonds.